The largest absolute Gasteiger partial charge is 0.481 e. The molecule has 1 fully saturated rings. The van der Waals surface area contributed by atoms with Gasteiger partial charge in [-0.25, -0.2) is 0 Å². The molecule has 1 saturated heterocycles. The Morgan fingerprint density at radius 1 is 1.45 bits per heavy atom. The molecule has 1 amide bonds. The number of carboxylic acid groups (broad SMARTS) is 1. The van der Waals surface area contributed by atoms with E-state index >= 15 is 0 Å². The van der Waals surface area contributed by atoms with Crippen molar-refractivity contribution in [1.82, 2.24) is 4.90 Å². The highest BCUT2D eigenvalue weighted by Gasteiger charge is 2.36. The molecule has 6 heteroatoms. The monoisotopic (exact) mass is 359 g/mol. The predicted molar refractivity (Wildman–Crippen MR) is 80.0 cm³/mol. The fourth-order valence-electron chi connectivity index (χ4n) is 2.58. The van der Waals surface area contributed by atoms with Gasteiger partial charge in [-0.2, -0.15) is 0 Å². The number of likely N-dealkylation sites (tertiary alicyclic amines) is 1. The lowest BCUT2D eigenvalue weighted by Gasteiger charge is -2.37. The number of nitrogens with zero attached hydrogens (tertiary/aromatic N) is 1. The van der Waals surface area contributed by atoms with E-state index in [-0.39, 0.29) is 11.9 Å². The fourth-order valence-corrected chi connectivity index (χ4v) is 3.14. The summed E-state index contributed by atoms with van der Waals surface area (Å²) in [5.74, 6) is -1.58. The Morgan fingerprint density at radius 2 is 2.15 bits per heavy atom. The van der Waals surface area contributed by atoms with Gasteiger partial charge in [-0.1, -0.05) is 27.5 Å². The maximum Gasteiger partial charge on any atom is 0.308 e. The lowest BCUT2D eigenvalue weighted by atomic mass is 9.90. The summed E-state index contributed by atoms with van der Waals surface area (Å²) in [4.78, 5) is 25.4. The molecule has 20 heavy (non-hydrogen) atoms. The minimum atomic E-state index is -0.852. The molecule has 1 heterocycles. The van der Waals surface area contributed by atoms with Crippen LogP contribution in [0.5, 0.6) is 0 Å². The zero-order valence-electron chi connectivity index (χ0n) is 11.0. The number of hydrogen-bond donors (Lipinski definition) is 1. The van der Waals surface area contributed by atoms with Crippen LogP contribution in [0.1, 0.15) is 30.1 Å². The molecule has 2 atom stereocenters. The molecule has 1 aromatic carbocycles. The standard InChI is InChI=1S/C14H15BrClNO3/c1-8-10(14(19)20)3-2-6-17(8)13(18)11-7-9(15)4-5-12(11)16/h4-5,7-8,10H,2-3,6H2,1H3,(H,19,20)/t8-,10-/m1/s1. The van der Waals surface area contributed by atoms with Gasteiger partial charge in [-0.15, -0.1) is 0 Å². The summed E-state index contributed by atoms with van der Waals surface area (Å²) >= 11 is 9.39. The van der Waals surface area contributed by atoms with Crippen molar-refractivity contribution in [1.29, 1.82) is 0 Å². The van der Waals surface area contributed by atoms with E-state index in [1.807, 2.05) is 0 Å². The lowest BCUT2D eigenvalue weighted by Crippen LogP contribution is -2.49. The van der Waals surface area contributed by atoms with Crippen molar-refractivity contribution in [2.24, 2.45) is 5.92 Å². The molecule has 0 bridgehead atoms. The first-order valence-electron chi connectivity index (χ1n) is 6.40. The van der Waals surface area contributed by atoms with Gasteiger partial charge in [0, 0.05) is 17.1 Å². The molecular weight excluding hydrogens is 346 g/mol. The van der Waals surface area contributed by atoms with E-state index in [1.165, 1.54) is 0 Å². The second kappa shape index (κ2) is 6.14. The van der Waals surface area contributed by atoms with Crippen LogP contribution < -0.4 is 0 Å². The maximum atomic E-state index is 12.6. The molecule has 0 spiro atoms. The third-order valence-corrected chi connectivity index (χ3v) is 4.55. The normalized spacial score (nSPS) is 22.6. The van der Waals surface area contributed by atoms with Gasteiger partial charge in [0.05, 0.1) is 16.5 Å². The third kappa shape index (κ3) is 2.99. The molecule has 2 rings (SSSR count). The maximum absolute atomic E-state index is 12.6. The highest BCUT2D eigenvalue weighted by atomic mass is 79.9. The summed E-state index contributed by atoms with van der Waals surface area (Å²) in [6.07, 6.45) is 1.30. The Bertz CT molecular complexity index is 549. The molecule has 1 N–H and O–H groups in total. The number of hydrogen-bond acceptors (Lipinski definition) is 2. The quantitative estimate of drug-likeness (QED) is 0.879. The number of carboxylic acids is 1. The highest BCUT2D eigenvalue weighted by Crippen LogP contribution is 2.28. The van der Waals surface area contributed by atoms with Gasteiger partial charge in [0.25, 0.3) is 5.91 Å². The van der Waals surface area contributed by atoms with Crippen LogP contribution in [0.2, 0.25) is 5.02 Å². The van der Waals surface area contributed by atoms with Crippen molar-refractivity contribution in [2.45, 2.75) is 25.8 Å². The van der Waals surface area contributed by atoms with Gasteiger partial charge in [0.15, 0.2) is 0 Å². The Balaban J connectivity index is 2.28. The average Bonchev–Trinajstić information content (AvgIpc) is 2.40. The Kier molecular flexibility index (Phi) is 4.70. The van der Waals surface area contributed by atoms with E-state index in [0.29, 0.717) is 30.0 Å². The predicted octanol–water partition coefficient (Wildman–Crippen LogP) is 3.43. The first-order valence-corrected chi connectivity index (χ1v) is 7.57. The smallest absolute Gasteiger partial charge is 0.308 e. The van der Waals surface area contributed by atoms with E-state index in [1.54, 1.807) is 30.0 Å². The van der Waals surface area contributed by atoms with Crippen LogP contribution in [-0.2, 0) is 4.79 Å². The first kappa shape index (κ1) is 15.3. The minimum absolute atomic E-state index is 0.213. The van der Waals surface area contributed by atoms with Crippen LogP contribution in [0.15, 0.2) is 22.7 Å². The van der Waals surface area contributed by atoms with Gasteiger partial charge in [-0.05, 0) is 38.0 Å². The summed E-state index contributed by atoms with van der Waals surface area (Å²) in [6.45, 7) is 2.34. The van der Waals surface area contributed by atoms with Crippen LogP contribution in [-0.4, -0.2) is 34.5 Å². The average molecular weight is 361 g/mol. The van der Waals surface area contributed by atoms with Crippen molar-refractivity contribution in [3.63, 3.8) is 0 Å². The molecular formula is C14H15BrClNO3. The number of rotatable bonds is 2. The van der Waals surface area contributed by atoms with Gasteiger partial charge in [0.1, 0.15) is 0 Å². The van der Waals surface area contributed by atoms with Crippen LogP contribution in [0, 0.1) is 5.92 Å². The van der Waals surface area contributed by atoms with E-state index < -0.39 is 11.9 Å². The zero-order valence-corrected chi connectivity index (χ0v) is 13.3. The molecule has 0 aliphatic carbocycles. The number of carbonyl (C=O) groups excluding carboxylic acids is 1. The molecule has 1 aliphatic rings. The van der Waals surface area contributed by atoms with Crippen molar-refractivity contribution in [3.8, 4) is 0 Å². The van der Waals surface area contributed by atoms with Gasteiger partial charge in [0.2, 0.25) is 0 Å². The van der Waals surface area contributed by atoms with Gasteiger partial charge in [-0.3, -0.25) is 9.59 Å². The van der Waals surface area contributed by atoms with E-state index in [9.17, 15) is 14.7 Å². The minimum Gasteiger partial charge on any atom is -0.481 e. The number of benzene rings is 1. The number of carbonyl (C=O) groups is 2. The summed E-state index contributed by atoms with van der Waals surface area (Å²) < 4.78 is 0.768. The second-order valence-electron chi connectivity index (χ2n) is 4.95. The van der Waals surface area contributed by atoms with Gasteiger partial charge < -0.3 is 10.0 Å². The van der Waals surface area contributed by atoms with Crippen LogP contribution in [0.4, 0.5) is 0 Å². The number of piperidine rings is 1. The highest BCUT2D eigenvalue weighted by molar-refractivity contribution is 9.10. The lowest BCUT2D eigenvalue weighted by molar-refractivity contribution is -0.144. The first-order chi connectivity index (χ1) is 9.41. The second-order valence-corrected chi connectivity index (χ2v) is 6.27. The Hall–Kier alpha value is -1.07. The van der Waals surface area contributed by atoms with Crippen LogP contribution >= 0.6 is 27.5 Å². The van der Waals surface area contributed by atoms with Crippen molar-refractivity contribution >= 4 is 39.4 Å². The zero-order chi connectivity index (χ0) is 14.9. The number of halogens is 2. The van der Waals surface area contributed by atoms with Crippen molar-refractivity contribution in [2.75, 3.05) is 6.54 Å². The SMILES string of the molecule is C[C@@H]1[C@H](C(=O)O)CCCN1C(=O)c1cc(Br)ccc1Cl. The molecule has 0 radical (unpaired) electrons. The molecule has 0 aromatic heterocycles. The summed E-state index contributed by atoms with van der Waals surface area (Å²) in [6, 6.07) is 4.76. The molecule has 4 nitrogen and oxygen atoms in total. The Labute approximate surface area is 130 Å². The summed E-state index contributed by atoms with van der Waals surface area (Å²) in [5.41, 5.74) is 0.402. The molecule has 0 unspecified atom stereocenters. The van der Waals surface area contributed by atoms with Crippen molar-refractivity contribution in [3.05, 3.63) is 33.3 Å². The van der Waals surface area contributed by atoms with Crippen molar-refractivity contribution < 1.29 is 14.7 Å². The molecule has 108 valence electrons. The van der Waals surface area contributed by atoms with E-state index in [2.05, 4.69) is 15.9 Å². The summed E-state index contributed by atoms with van der Waals surface area (Å²) in [7, 11) is 0. The number of amides is 1. The van der Waals surface area contributed by atoms with E-state index in [0.717, 1.165) is 4.47 Å². The molecule has 1 aliphatic heterocycles. The third-order valence-electron chi connectivity index (χ3n) is 3.72. The summed E-state index contributed by atoms with van der Waals surface area (Å²) in [5, 5.41) is 9.58. The fraction of sp³-hybridized carbons (Fsp3) is 0.429. The van der Waals surface area contributed by atoms with Gasteiger partial charge >= 0.3 is 5.97 Å². The number of aliphatic carboxylic acids is 1. The Morgan fingerprint density at radius 3 is 2.80 bits per heavy atom. The van der Waals surface area contributed by atoms with Crippen LogP contribution in [0.3, 0.4) is 0 Å². The topological polar surface area (TPSA) is 57.6 Å². The van der Waals surface area contributed by atoms with Crippen LogP contribution in [0.25, 0.3) is 0 Å². The molecule has 0 saturated carbocycles. The van der Waals surface area contributed by atoms with E-state index in [4.69, 9.17) is 11.6 Å². The molecule has 1 aromatic rings.